The molecule has 4 rings (SSSR count). The van der Waals surface area contributed by atoms with E-state index in [-0.39, 0.29) is 29.8 Å². The van der Waals surface area contributed by atoms with E-state index in [1.54, 1.807) is 0 Å². The van der Waals surface area contributed by atoms with Crippen LogP contribution in [0.25, 0.3) is 0 Å². The summed E-state index contributed by atoms with van der Waals surface area (Å²) in [6.45, 7) is 2.54. The number of likely N-dealkylation sites (tertiary alicyclic amines) is 1. The van der Waals surface area contributed by atoms with E-state index in [0.717, 1.165) is 12.1 Å². The Kier molecular flexibility index (Phi) is 4.27. The summed E-state index contributed by atoms with van der Waals surface area (Å²) in [5.74, 6) is 0.940. The van der Waals surface area contributed by atoms with Crippen LogP contribution in [0.3, 0.4) is 0 Å². The smallest absolute Gasteiger partial charge is 0.227 e. The molecule has 1 saturated carbocycles. The molecule has 24 heavy (non-hydrogen) atoms. The van der Waals surface area contributed by atoms with Crippen LogP contribution in [-0.2, 0) is 20.7 Å². The van der Waals surface area contributed by atoms with Crippen LogP contribution in [0, 0.1) is 17.8 Å². The molecule has 5 heteroatoms. The predicted octanol–water partition coefficient (Wildman–Crippen LogP) is 1.23. The highest BCUT2D eigenvalue weighted by Gasteiger charge is 2.47. The quantitative estimate of drug-likeness (QED) is 0.884. The lowest BCUT2D eigenvalue weighted by Crippen LogP contribution is -2.38. The molecule has 2 aliphatic heterocycles. The van der Waals surface area contributed by atoms with Crippen molar-refractivity contribution in [2.75, 3.05) is 26.2 Å². The average Bonchev–Trinajstić information content (AvgIpc) is 3.18. The van der Waals surface area contributed by atoms with Gasteiger partial charge in [-0.25, -0.2) is 0 Å². The van der Waals surface area contributed by atoms with Gasteiger partial charge in [-0.3, -0.25) is 9.59 Å². The maximum absolute atomic E-state index is 12.5. The number of carbonyl (C=O) groups is 2. The van der Waals surface area contributed by atoms with E-state index < -0.39 is 0 Å². The van der Waals surface area contributed by atoms with E-state index in [4.69, 9.17) is 4.74 Å². The van der Waals surface area contributed by atoms with Crippen molar-refractivity contribution in [3.63, 3.8) is 0 Å². The fourth-order valence-electron chi connectivity index (χ4n) is 3.77. The summed E-state index contributed by atoms with van der Waals surface area (Å²) >= 11 is 0. The third-order valence-corrected chi connectivity index (χ3v) is 5.47. The summed E-state index contributed by atoms with van der Waals surface area (Å²) in [5, 5.41) is 3.06. The maximum Gasteiger partial charge on any atom is 0.227 e. The minimum Gasteiger partial charge on any atom is -0.375 e. The van der Waals surface area contributed by atoms with Crippen LogP contribution in [0.1, 0.15) is 18.4 Å². The number of nitrogens with one attached hydrogen (secondary N) is 1. The average molecular weight is 328 g/mol. The van der Waals surface area contributed by atoms with Gasteiger partial charge in [0.1, 0.15) is 0 Å². The standard InChI is InChI=1S/C19H24N2O3/c22-18(8-13-4-2-1-3-5-13)21-10-15-16(12-24-17(15)11-21)19(23)20-9-14-6-7-14/h1-5,14-17H,6-12H2,(H,20,23)/t15-,16-,17-/m1/s1. The van der Waals surface area contributed by atoms with Gasteiger partial charge < -0.3 is 15.0 Å². The summed E-state index contributed by atoms with van der Waals surface area (Å²) in [6, 6.07) is 9.79. The highest BCUT2D eigenvalue weighted by Crippen LogP contribution is 2.34. The van der Waals surface area contributed by atoms with Gasteiger partial charge in [0.05, 0.1) is 25.0 Å². The van der Waals surface area contributed by atoms with Gasteiger partial charge in [-0.15, -0.1) is 0 Å². The Labute approximate surface area is 142 Å². The molecule has 2 heterocycles. The highest BCUT2D eigenvalue weighted by molar-refractivity contribution is 5.81. The zero-order chi connectivity index (χ0) is 16.5. The van der Waals surface area contributed by atoms with Gasteiger partial charge in [0.2, 0.25) is 11.8 Å². The molecule has 128 valence electrons. The number of carbonyl (C=O) groups excluding carboxylic acids is 2. The third kappa shape index (κ3) is 3.31. The Morgan fingerprint density at radius 3 is 2.71 bits per heavy atom. The van der Waals surface area contributed by atoms with Crippen LogP contribution < -0.4 is 5.32 Å². The van der Waals surface area contributed by atoms with Gasteiger partial charge in [-0.2, -0.15) is 0 Å². The molecule has 0 radical (unpaired) electrons. The monoisotopic (exact) mass is 328 g/mol. The fraction of sp³-hybridized carbons (Fsp3) is 0.579. The normalized spacial score (nSPS) is 28.7. The van der Waals surface area contributed by atoms with Gasteiger partial charge in [-0.1, -0.05) is 30.3 Å². The molecular formula is C19H24N2O3. The second-order valence-corrected chi connectivity index (χ2v) is 7.29. The lowest BCUT2D eigenvalue weighted by atomic mass is 9.92. The molecule has 0 spiro atoms. The molecule has 1 aliphatic carbocycles. The Bertz CT molecular complexity index is 614. The van der Waals surface area contributed by atoms with E-state index in [0.29, 0.717) is 32.0 Å². The SMILES string of the molecule is O=C(NCC1CC1)[C@@H]1CO[C@@H]2CN(C(=O)Cc3ccccc3)C[C@@H]21. The van der Waals surface area contributed by atoms with Crippen molar-refractivity contribution in [3.8, 4) is 0 Å². The first kappa shape index (κ1) is 15.6. The molecule has 0 unspecified atom stereocenters. The van der Waals surface area contributed by atoms with E-state index in [2.05, 4.69) is 5.32 Å². The molecule has 3 aliphatic rings. The van der Waals surface area contributed by atoms with Gasteiger partial charge in [0, 0.05) is 25.6 Å². The number of hydrogen-bond acceptors (Lipinski definition) is 3. The largest absolute Gasteiger partial charge is 0.375 e. The van der Waals surface area contributed by atoms with Crippen molar-refractivity contribution >= 4 is 11.8 Å². The van der Waals surface area contributed by atoms with Crippen molar-refractivity contribution in [2.45, 2.75) is 25.4 Å². The van der Waals surface area contributed by atoms with Crippen molar-refractivity contribution in [3.05, 3.63) is 35.9 Å². The molecule has 5 nitrogen and oxygen atoms in total. The van der Waals surface area contributed by atoms with Crippen molar-refractivity contribution < 1.29 is 14.3 Å². The van der Waals surface area contributed by atoms with E-state index in [9.17, 15) is 9.59 Å². The Hall–Kier alpha value is -1.88. The summed E-state index contributed by atoms with van der Waals surface area (Å²) in [5.41, 5.74) is 1.03. The molecule has 1 aromatic carbocycles. The molecule has 3 fully saturated rings. The van der Waals surface area contributed by atoms with Crippen LogP contribution in [0.4, 0.5) is 0 Å². The molecule has 1 N–H and O–H groups in total. The van der Waals surface area contributed by atoms with Gasteiger partial charge in [0.25, 0.3) is 0 Å². The van der Waals surface area contributed by atoms with Crippen LogP contribution in [0.2, 0.25) is 0 Å². The molecule has 2 saturated heterocycles. The first-order chi connectivity index (χ1) is 11.7. The van der Waals surface area contributed by atoms with Gasteiger partial charge >= 0.3 is 0 Å². The molecule has 2 amide bonds. The van der Waals surface area contributed by atoms with Gasteiger partial charge in [-0.05, 0) is 24.3 Å². The summed E-state index contributed by atoms with van der Waals surface area (Å²) < 4.78 is 5.81. The number of amides is 2. The Balaban J connectivity index is 1.33. The Morgan fingerprint density at radius 1 is 1.17 bits per heavy atom. The molecule has 0 aromatic heterocycles. The van der Waals surface area contributed by atoms with Crippen LogP contribution >= 0.6 is 0 Å². The number of benzene rings is 1. The summed E-state index contributed by atoms with van der Waals surface area (Å²) in [6.07, 6.45) is 2.89. The van der Waals surface area contributed by atoms with E-state index in [1.165, 1.54) is 12.8 Å². The number of rotatable bonds is 5. The second kappa shape index (κ2) is 6.55. The predicted molar refractivity (Wildman–Crippen MR) is 89.2 cm³/mol. The number of fused-ring (bicyclic) bond motifs is 1. The third-order valence-electron chi connectivity index (χ3n) is 5.47. The molecular weight excluding hydrogens is 304 g/mol. The number of hydrogen-bond donors (Lipinski definition) is 1. The van der Waals surface area contributed by atoms with Crippen molar-refractivity contribution in [1.82, 2.24) is 10.2 Å². The first-order valence-electron chi connectivity index (χ1n) is 8.91. The number of ether oxygens (including phenoxy) is 1. The topological polar surface area (TPSA) is 58.6 Å². The van der Waals surface area contributed by atoms with Gasteiger partial charge in [0.15, 0.2) is 0 Å². The van der Waals surface area contributed by atoms with Crippen LogP contribution in [-0.4, -0.2) is 49.1 Å². The first-order valence-corrected chi connectivity index (χ1v) is 8.91. The minimum atomic E-state index is -0.108. The zero-order valence-corrected chi connectivity index (χ0v) is 13.8. The number of nitrogens with zero attached hydrogens (tertiary/aromatic N) is 1. The molecule has 3 atom stereocenters. The fourth-order valence-corrected chi connectivity index (χ4v) is 3.77. The molecule has 1 aromatic rings. The summed E-state index contributed by atoms with van der Waals surface area (Å²) in [7, 11) is 0. The lowest BCUT2D eigenvalue weighted by Gasteiger charge is -2.19. The maximum atomic E-state index is 12.5. The van der Waals surface area contributed by atoms with Crippen LogP contribution in [0.5, 0.6) is 0 Å². The summed E-state index contributed by atoms with van der Waals surface area (Å²) in [4.78, 5) is 26.8. The van der Waals surface area contributed by atoms with E-state index >= 15 is 0 Å². The van der Waals surface area contributed by atoms with Crippen LogP contribution in [0.15, 0.2) is 30.3 Å². The minimum absolute atomic E-state index is 0.0152. The lowest BCUT2D eigenvalue weighted by molar-refractivity contribution is -0.131. The zero-order valence-electron chi connectivity index (χ0n) is 13.8. The Morgan fingerprint density at radius 2 is 1.96 bits per heavy atom. The van der Waals surface area contributed by atoms with E-state index in [1.807, 2.05) is 35.2 Å². The molecule has 0 bridgehead atoms. The highest BCUT2D eigenvalue weighted by atomic mass is 16.5. The van der Waals surface area contributed by atoms with Crippen molar-refractivity contribution in [1.29, 1.82) is 0 Å². The van der Waals surface area contributed by atoms with Crippen molar-refractivity contribution in [2.24, 2.45) is 17.8 Å². The second-order valence-electron chi connectivity index (χ2n) is 7.29.